The molecule has 4 atom stereocenters. The van der Waals surface area contributed by atoms with Gasteiger partial charge in [0.05, 0.1) is 5.56 Å². The molecule has 0 aliphatic carbocycles. The van der Waals surface area contributed by atoms with E-state index in [1.807, 2.05) is 0 Å². The minimum absolute atomic E-state index is 0.325. The highest BCUT2D eigenvalue weighted by Gasteiger charge is 2.48. The highest BCUT2D eigenvalue weighted by molar-refractivity contribution is 5.89. The van der Waals surface area contributed by atoms with Gasteiger partial charge in [0.1, 0.15) is 18.8 Å². The number of alkyl halides is 1. The Morgan fingerprint density at radius 2 is 2.00 bits per heavy atom. The van der Waals surface area contributed by atoms with Crippen molar-refractivity contribution < 1.29 is 33.2 Å². The number of carbonyl (C=O) groups excluding carboxylic acids is 1. The summed E-state index contributed by atoms with van der Waals surface area (Å²) in [6, 6.07) is 8.26. The first-order chi connectivity index (χ1) is 10.8. The smallest absolute Gasteiger partial charge is 0.338 e. The Balaban J connectivity index is 1.90. The summed E-state index contributed by atoms with van der Waals surface area (Å²) >= 11 is 0. The van der Waals surface area contributed by atoms with E-state index in [1.165, 1.54) is 7.11 Å². The highest BCUT2D eigenvalue weighted by Crippen LogP contribution is 2.32. The molecule has 0 saturated carbocycles. The summed E-state index contributed by atoms with van der Waals surface area (Å²) in [5, 5.41) is 9.91. The summed E-state index contributed by atoms with van der Waals surface area (Å²) in [4.78, 5) is 11.8. The van der Waals surface area contributed by atoms with Crippen LogP contribution < -0.4 is 0 Å². The number of rotatable bonds is 6. The summed E-state index contributed by atoms with van der Waals surface area (Å²) in [5.41, 5.74) is 0.325. The maximum absolute atomic E-state index is 14.4. The van der Waals surface area contributed by atoms with Crippen molar-refractivity contribution in [3.05, 3.63) is 35.9 Å². The molecule has 7 heteroatoms. The van der Waals surface area contributed by atoms with E-state index in [0.29, 0.717) is 5.56 Å². The number of esters is 1. The molecule has 1 aromatic rings. The number of carbonyl (C=O) groups is 1. The fraction of sp³-hybridized carbons (Fsp3) is 0.562. The lowest BCUT2D eigenvalue weighted by atomic mass is 10.1. The quantitative estimate of drug-likeness (QED) is 0.801. The molecule has 1 aliphatic rings. The molecule has 128 valence electrons. The Bertz CT molecular complexity index is 521. The van der Waals surface area contributed by atoms with Crippen molar-refractivity contribution in [2.75, 3.05) is 13.7 Å². The third-order valence-electron chi connectivity index (χ3n) is 3.40. The fourth-order valence-corrected chi connectivity index (χ4v) is 2.28. The van der Waals surface area contributed by atoms with Crippen LogP contribution in [-0.4, -0.2) is 55.2 Å². The van der Waals surface area contributed by atoms with Crippen LogP contribution in [0, 0.1) is 0 Å². The molecular weight excluding hydrogens is 307 g/mol. The summed E-state index contributed by atoms with van der Waals surface area (Å²) in [6.45, 7) is 2.74. The van der Waals surface area contributed by atoms with Crippen molar-refractivity contribution in [3.8, 4) is 0 Å². The molecule has 1 heterocycles. The monoisotopic (exact) mass is 328 g/mol. The molecule has 1 aliphatic heterocycles. The molecule has 0 radical (unpaired) electrons. The maximum Gasteiger partial charge on any atom is 0.338 e. The molecule has 1 aromatic carbocycles. The van der Waals surface area contributed by atoms with Gasteiger partial charge in [0.25, 0.3) is 0 Å². The van der Waals surface area contributed by atoms with Gasteiger partial charge in [-0.05, 0) is 26.0 Å². The predicted octanol–water partition coefficient (Wildman–Crippen LogP) is 1.67. The van der Waals surface area contributed by atoms with Crippen LogP contribution in [0.2, 0.25) is 0 Å². The number of aliphatic hydroxyl groups is 1. The van der Waals surface area contributed by atoms with E-state index in [4.69, 9.17) is 18.9 Å². The van der Waals surface area contributed by atoms with Gasteiger partial charge < -0.3 is 24.1 Å². The van der Waals surface area contributed by atoms with Crippen LogP contribution in [0.1, 0.15) is 24.2 Å². The van der Waals surface area contributed by atoms with Gasteiger partial charge in [-0.3, -0.25) is 0 Å². The molecule has 0 unspecified atom stereocenters. The Labute approximate surface area is 134 Å². The third-order valence-corrected chi connectivity index (χ3v) is 3.40. The Morgan fingerprint density at radius 3 is 2.61 bits per heavy atom. The minimum atomic E-state index is -1.83. The van der Waals surface area contributed by atoms with E-state index in [2.05, 4.69) is 0 Å². The van der Waals surface area contributed by atoms with Crippen molar-refractivity contribution in [2.24, 2.45) is 0 Å². The van der Waals surface area contributed by atoms with E-state index < -0.39 is 43.0 Å². The largest absolute Gasteiger partial charge is 0.459 e. The van der Waals surface area contributed by atoms with Gasteiger partial charge in [-0.25, -0.2) is 9.18 Å². The molecule has 2 rings (SSSR count). The molecule has 23 heavy (non-hydrogen) atoms. The first-order valence-corrected chi connectivity index (χ1v) is 7.27. The van der Waals surface area contributed by atoms with Crippen LogP contribution in [0.5, 0.6) is 0 Å². The highest BCUT2D eigenvalue weighted by atomic mass is 19.1. The third kappa shape index (κ3) is 4.48. The van der Waals surface area contributed by atoms with Gasteiger partial charge in [-0.15, -0.1) is 0 Å². The lowest BCUT2D eigenvalue weighted by Crippen LogP contribution is -2.43. The van der Waals surface area contributed by atoms with E-state index in [9.17, 15) is 14.3 Å². The summed E-state index contributed by atoms with van der Waals surface area (Å²) in [5.74, 6) is -1.65. The van der Waals surface area contributed by atoms with Crippen LogP contribution in [0.15, 0.2) is 30.3 Å². The number of benzene rings is 1. The van der Waals surface area contributed by atoms with Gasteiger partial charge >= 0.3 is 5.97 Å². The van der Waals surface area contributed by atoms with Crippen molar-refractivity contribution in [1.29, 1.82) is 0 Å². The number of methoxy groups -OCH3 is 1. The van der Waals surface area contributed by atoms with Gasteiger partial charge in [-0.1, -0.05) is 18.2 Å². The van der Waals surface area contributed by atoms with E-state index in [0.717, 1.165) is 0 Å². The zero-order chi connectivity index (χ0) is 17.0. The van der Waals surface area contributed by atoms with Crippen LogP contribution in [0.3, 0.4) is 0 Å². The standard InChI is InChI=1S/C16H21FO6/c1-16(2)22-13(15(20-3)23-16)12(17)11(18)9-21-14(19)10-7-5-4-6-8-10/h4-8,11-13,15,18H,9H2,1-3H3/t11-,12+,13-,15-/m1/s1. The average Bonchev–Trinajstić information content (AvgIpc) is 2.87. The second-order valence-electron chi connectivity index (χ2n) is 5.68. The number of halogens is 1. The topological polar surface area (TPSA) is 74.2 Å². The molecule has 1 fully saturated rings. The van der Waals surface area contributed by atoms with Crippen molar-refractivity contribution >= 4 is 5.97 Å². The van der Waals surface area contributed by atoms with Crippen molar-refractivity contribution in [2.45, 2.75) is 44.3 Å². The molecule has 1 N–H and O–H groups in total. The van der Waals surface area contributed by atoms with Crippen molar-refractivity contribution in [3.63, 3.8) is 0 Å². The van der Waals surface area contributed by atoms with Gasteiger partial charge in [0.15, 0.2) is 18.2 Å². The zero-order valence-corrected chi connectivity index (χ0v) is 13.3. The number of hydrogen-bond donors (Lipinski definition) is 1. The normalized spacial score (nSPS) is 25.8. The van der Waals surface area contributed by atoms with Gasteiger partial charge in [0.2, 0.25) is 0 Å². The first-order valence-electron chi connectivity index (χ1n) is 7.27. The number of hydrogen-bond acceptors (Lipinski definition) is 6. The second-order valence-corrected chi connectivity index (χ2v) is 5.68. The molecule has 0 spiro atoms. The minimum Gasteiger partial charge on any atom is -0.459 e. The number of aliphatic hydroxyl groups excluding tert-OH is 1. The second kappa shape index (κ2) is 7.35. The summed E-state index contributed by atoms with van der Waals surface area (Å²) in [6.07, 6.45) is -5.44. The maximum atomic E-state index is 14.4. The Kier molecular flexibility index (Phi) is 5.69. The lowest BCUT2D eigenvalue weighted by molar-refractivity contribution is -0.183. The van der Waals surface area contributed by atoms with Crippen LogP contribution in [-0.2, 0) is 18.9 Å². The Hall–Kier alpha value is -1.54. The van der Waals surface area contributed by atoms with Crippen LogP contribution in [0.25, 0.3) is 0 Å². The fourth-order valence-electron chi connectivity index (χ4n) is 2.28. The SMILES string of the molecule is CO[C@@H]1OC(C)(C)O[C@@H]1[C@@H](F)[C@H](O)COC(=O)c1ccccc1. The van der Waals surface area contributed by atoms with Crippen LogP contribution >= 0.6 is 0 Å². The number of ether oxygens (including phenoxy) is 4. The van der Waals surface area contributed by atoms with Crippen LogP contribution in [0.4, 0.5) is 4.39 Å². The summed E-state index contributed by atoms with van der Waals surface area (Å²) < 4.78 is 35.1. The molecule has 6 nitrogen and oxygen atoms in total. The first kappa shape index (κ1) is 17.8. The molecule has 1 saturated heterocycles. The lowest BCUT2D eigenvalue weighted by Gasteiger charge is -2.23. The van der Waals surface area contributed by atoms with E-state index in [-0.39, 0.29) is 0 Å². The van der Waals surface area contributed by atoms with E-state index >= 15 is 0 Å². The molecular formula is C16H21FO6. The van der Waals surface area contributed by atoms with Gasteiger partial charge in [-0.2, -0.15) is 0 Å². The molecule has 0 bridgehead atoms. The summed E-state index contributed by atoms with van der Waals surface area (Å²) in [7, 11) is 1.36. The predicted molar refractivity (Wildman–Crippen MR) is 78.5 cm³/mol. The molecule has 0 amide bonds. The van der Waals surface area contributed by atoms with Crippen molar-refractivity contribution in [1.82, 2.24) is 0 Å². The Morgan fingerprint density at radius 1 is 1.35 bits per heavy atom. The van der Waals surface area contributed by atoms with Gasteiger partial charge in [0, 0.05) is 7.11 Å². The van der Waals surface area contributed by atoms with E-state index in [1.54, 1.807) is 44.2 Å². The average molecular weight is 328 g/mol. The zero-order valence-electron chi connectivity index (χ0n) is 13.3. The molecule has 0 aromatic heterocycles.